The van der Waals surface area contributed by atoms with Crippen molar-refractivity contribution in [3.05, 3.63) is 65.7 Å². The molecule has 1 atom stereocenters. The van der Waals surface area contributed by atoms with Gasteiger partial charge in [0.15, 0.2) is 0 Å². The summed E-state index contributed by atoms with van der Waals surface area (Å²) in [5.74, 6) is 0.309. The normalized spacial score (nSPS) is 12.6. The number of benzene rings is 2. The fraction of sp³-hybridized carbons (Fsp3) is 0.294. The lowest BCUT2D eigenvalue weighted by Crippen LogP contribution is -2.30. The molecule has 3 nitrogen and oxygen atoms in total. The van der Waals surface area contributed by atoms with Gasteiger partial charge >= 0.3 is 0 Å². The van der Waals surface area contributed by atoms with E-state index in [-0.39, 0.29) is 0 Å². The van der Waals surface area contributed by atoms with Crippen molar-refractivity contribution in [2.75, 3.05) is 20.6 Å². The maximum Gasteiger partial charge on any atom is 0.115 e. The summed E-state index contributed by atoms with van der Waals surface area (Å²) >= 11 is 0. The van der Waals surface area contributed by atoms with Gasteiger partial charge in [0.1, 0.15) is 5.75 Å². The minimum atomic E-state index is 0.309. The Labute approximate surface area is 120 Å². The summed E-state index contributed by atoms with van der Waals surface area (Å²) in [4.78, 5) is 2.22. The van der Waals surface area contributed by atoms with E-state index in [1.807, 2.05) is 18.2 Å². The average Bonchev–Trinajstić information content (AvgIpc) is 2.46. The molecule has 106 valence electrons. The molecule has 0 saturated heterocycles. The number of aromatic hydroxyl groups is 1. The van der Waals surface area contributed by atoms with E-state index in [4.69, 9.17) is 0 Å². The van der Waals surface area contributed by atoms with Gasteiger partial charge in [0.05, 0.1) is 0 Å². The van der Waals surface area contributed by atoms with E-state index in [0.29, 0.717) is 11.8 Å². The molecule has 3 heteroatoms. The molecule has 0 radical (unpaired) electrons. The summed E-state index contributed by atoms with van der Waals surface area (Å²) < 4.78 is 0. The maximum absolute atomic E-state index is 9.26. The van der Waals surface area contributed by atoms with Crippen LogP contribution < -0.4 is 5.32 Å². The SMILES string of the molecule is CN(C)C(CNCc1ccc(O)cc1)c1ccccc1. The van der Waals surface area contributed by atoms with Gasteiger partial charge in [-0.1, -0.05) is 42.5 Å². The molecule has 2 rings (SSSR count). The Morgan fingerprint density at radius 3 is 2.25 bits per heavy atom. The molecule has 0 aliphatic heterocycles. The predicted octanol–water partition coefficient (Wildman–Crippen LogP) is 2.78. The van der Waals surface area contributed by atoms with Crippen molar-refractivity contribution in [3.8, 4) is 5.75 Å². The van der Waals surface area contributed by atoms with Gasteiger partial charge < -0.3 is 15.3 Å². The number of likely N-dealkylation sites (N-methyl/N-ethyl adjacent to an activating group) is 1. The number of hydrogen-bond acceptors (Lipinski definition) is 3. The van der Waals surface area contributed by atoms with E-state index in [2.05, 4.69) is 48.6 Å². The van der Waals surface area contributed by atoms with E-state index < -0.39 is 0 Å². The van der Waals surface area contributed by atoms with Crippen LogP contribution in [0.15, 0.2) is 54.6 Å². The Kier molecular flexibility index (Phi) is 5.16. The Bertz CT molecular complexity index is 508. The van der Waals surface area contributed by atoms with Gasteiger partial charge in [0.2, 0.25) is 0 Å². The van der Waals surface area contributed by atoms with Crippen molar-refractivity contribution in [3.63, 3.8) is 0 Å². The van der Waals surface area contributed by atoms with Gasteiger partial charge in [0, 0.05) is 19.1 Å². The van der Waals surface area contributed by atoms with E-state index in [1.165, 1.54) is 11.1 Å². The molecule has 2 aromatic carbocycles. The lowest BCUT2D eigenvalue weighted by Gasteiger charge is -2.25. The van der Waals surface area contributed by atoms with Crippen LogP contribution in [0.3, 0.4) is 0 Å². The van der Waals surface area contributed by atoms with Crippen LogP contribution in [-0.4, -0.2) is 30.6 Å². The molecular formula is C17H22N2O. The monoisotopic (exact) mass is 270 g/mol. The first kappa shape index (κ1) is 14.6. The van der Waals surface area contributed by atoms with Crippen molar-refractivity contribution in [2.45, 2.75) is 12.6 Å². The van der Waals surface area contributed by atoms with Gasteiger partial charge in [-0.05, 0) is 37.4 Å². The Hall–Kier alpha value is -1.84. The lowest BCUT2D eigenvalue weighted by molar-refractivity contribution is 0.288. The van der Waals surface area contributed by atoms with Crippen LogP contribution in [0.2, 0.25) is 0 Å². The third-order valence-electron chi connectivity index (χ3n) is 3.41. The Morgan fingerprint density at radius 1 is 1.00 bits per heavy atom. The highest BCUT2D eigenvalue weighted by Crippen LogP contribution is 2.17. The lowest BCUT2D eigenvalue weighted by atomic mass is 10.1. The van der Waals surface area contributed by atoms with Crippen LogP contribution in [-0.2, 0) is 6.54 Å². The first-order chi connectivity index (χ1) is 9.66. The number of phenolic OH excluding ortho intramolecular Hbond substituents is 1. The summed E-state index contributed by atoms with van der Waals surface area (Å²) in [7, 11) is 4.19. The van der Waals surface area contributed by atoms with E-state index >= 15 is 0 Å². The molecule has 0 aromatic heterocycles. The topological polar surface area (TPSA) is 35.5 Å². The molecule has 2 N–H and O–H groups in total. The zero-order chi connectivity index (χ0) is 14.4. The second-order valence-electron chi connectivity index (χ2n) is 5.19. The quantitative estimate of drug-likeness (QED) is 0.847. The van der Waals surface area contributed by atoms with Crippen molar-refractivity contribution in [1.82, 2.24) is 10.2 Å². The minimum absolute atomic E-state index is 0.309. The van der Waals surface area contributed by atoms with Crippen LogP contribution in [0, 0.1) is 0 Å². The van der Waals surface area contributed by atoms with Gasteiger partial charge in [-0.25, -0.2) is 0 Å². The molecule has 0 aliphatic carbocycles. The highest BCUT2D eigenvalue weighted by molar-refractivity contribution is 5.26. The number of hydrogen-bond donors (Lipinski definition) is 2. The molecular weight excluding hydrogens is 248 g/mol. The van der Waals surface area contributed by atoms with Crippen LogP contribution >= 0.6 is 0 Å². The van der Waals surface area contributed by atoms with Gasteiger partial charge in [0.25, 0.3) is 0 Å². The fourth-order valence-corrected chi connectivity index (χ4v) is 2.24. The third kappa shape index (κ3) is 4.08. The molecule has 0 amide bonds. The first-order valence-corrected chi connectivity index (χ1v) is 6.87. The largest absolute Gasteiger partial charge is 0.508 e. The van der Waals surface area contributed by atoms with Gasteiger partial charge in [-0.3, -0.25) is 0 Å². The average molecular weight is 270 g/mol. The van der Waals surface area contributed by atoms with E-state index in [1.54, 1.807) is 12.1 Å². The number of nitrogens with one attached hydrogen (secondary N) is 1. The van der Waals surface area contributed by atoms with Crippen LogP contribution in [0.4, 0.5) is 0 Å². The Morgan fingerprint density at radius 2 is 1.65 bits per heavy atom. The van der Waals surface area contributed by atoms with Gasteiger partial charge in [-0.15, -0.1) is 0 Å². The van der Waals surface area contributed by atoms with Gasteiger partial charge in [-0.2, -0.15) is 0 Å². The minimum Gasteiger partial charge on any atom is -0.508 e. The smallest absolute Gasteiger partial charge is 0.115 e. The molecule has 2 aromatic rings. The zero-order valence-corrected chi connectivity index (χ0v) is 12.1. The zero-order valence-electron chi connectivity index (χ0n) is 12.1. The van der Waals surface area contributed by atoms with Crippen molar-refractivity contribution >= 4 is 0 Å². The standard InChI is InChI=1S/C17H22N2O/c1-19(2)17(15-6-4-3-5-7-15)13-18-12-14-8-10-16(20)11-9-14/h3-11,17-18,20H,12-13H2,1-2H3. The number of rotatable bonds is 6. The molecule has 0 bridgehead atoms. The summed E-state index contributed by atoms with van der Waals surface area (Å²) in [6.45, 7) is 1.69. The molecule has 0 fully saturated rings. The van der Waals surface area contributed by atoms with Crippen LogP contribution in [0.5, 0.6) is 5.75 Å². The summed E-state index contributed by atoms with van der Waals surface area (Å²) in [5.41, 5.74) is 2.49. The molecule has 0 saturated carbocycles. The van der Waals surface area contributed by atoms with Crippen molar-refractivity contribution < 1.29 is 5.11 Å². The van der Waals surface area contributed by atoms with E-state index in [9.17, 15) is 5.11 Å². The molecule has 0 heterocycles. The third-order valence-corrected chi connectivity index (χ3v) is 3.41. The number of nitrogens with zero attached hydrogens (tertiary/aromatic N) is 1. The highest BCUT2D eigenvalue weighted by atomic mass is 16.3. The van der Waals surface area contributed by atoms with Crippen molar-refractivity contribution in [1.29, 1.82) is 0 Å². The van der Waals surface area contributed by atoms with E-state index in [0.717, 1.165) is 13.1 Å². The Balaban J connectivity index is 1.91. The molecule has 0 aliphatic rings. The van der Waals surface area contributed by atoms with Crippen LogP contribution in [0.25, 0.3) is 0 Å². The second kappa shape index (κ2) is 7.08. The van der Waals surface area contributed by atoms with Crippen molar-refractivity contribution in [2.24, 2.45) is 0 Å². The summed E-state index contributed by atoms with van der Waals surface area (Å²) in [6.07, 6.45) is 0. The molecule has 20 heavy (non-hydrogen) atoms. The maximum atomic E-state index is 9.26. The fourth-order valence-electron chi connectivity index (χ4n) is 2.24. The number of phenols is 1. The highest BCUT2D eigenvalue weighted by Gasteiger charge is 2.12. The second-order valence-corrected chi connectivity index (χ2v) is 5.19. The summed E-state index contributed by atoms with van der Waals surface area (Å²) in [5, 5.41) is 12.7. The summed E-state index contributed by atoms with van der Waals surface area (Å²) in [6, 6.07) is 18.2. The first-order valence-electron chi connectivity index (χ1n) is 6.87. The molecule has 1 unspecified atom stereocenters. The molecule has 0 spiro atoms. The van der Waals surface area contributed by atoms with Crippen LogP contribution in [0.1, 0.15) is 17.2 Å². The predicted molar refractivity (Wildman–Crippen MR) is 82.7 cm³/mol.